The zero-order valence-corrected chi connectivity index (χ0v) is 21.5. The minimum atomic E-state index is -0.0766. The van der Waals surface area contributed by atoms with Crippen LogP contribution < -0.4 is 0 Å². The van der Waals surface area contributed by atoms with Gasteiger partial charge in [0.25, 0.3) is 0 Å². The van der Waals surface area contributed by atoms with E-state index in [0.717, 1.165) is 48.3 Å². The molecule has 3 fully saturated rings. The molecule has 0 radical (unpaired) electrons. The molecule has 2 nitrogen and oxygen atoms in total. The van der Waals surface area contributed by atoms with E-state index in [9.17, 15) is 5.11 Å². The zero-order valence-electron chi connectivity index (χ0n) is 20.7. The standard InChI is InChI=1S/C27H46O.CHClO/c1-18(2)7-6-8-19(3)23-11-12-24-22-10-9-20-17-21(28)13-15-26(20,4)25(22)14-16-27(23,24)5;2-1-3/h9,18-19,21-25,28H,6-8,10-17H2,1-5H3;1H/t19?,21-,22-,23+,24-,25-,26-,27+;/m0./s1. The average molecular weight is 451 g/mol. The second kappa shape index (κ2) is 10.3. The van der Waals surface area contributed by atoms with Gasteiger partial charge in [0.2, 0.25) is 5.75 Å². The molecule has 178 valence electrons. The summed E-state index contributed by atoms with van der Waals surface area (Å²) in [7, 11) is 0. The monoisotopic (exact) mass is 450 g/mol. The summed E-state index contributed by atoms with van der Waals surface area (Å²) in [5.41, 5.74) is 2.60. The Balaban J connectivity index is 0.000000858. The third-order valence-electron chi connectivity index (χ3n) is 10.3. The lowest BCUT2D eigenvalue weighted by atomic mass is 9.47. The highest BCUT2D eigenvalue weighted by Gasteiger charge is 2.59. The van der Waals surface area contributed by atoms with Crippen LogP contribution in [-0.4, -0.2) is 17.0 Å². The molecule has 0 heterocycles. The first-order chi connectivity index (χ1) is 14.7. The third-order valence-corrected chi connectivity index (χ3v) is 10.3. The molecule has 1 unspecified atom stereocenters. The second-order valence-corrected chi connectivity index (χ2v) is 12.5. The van der Waals surface area contributed by atoms with Crippen molar-refractivity contribution in [1.29, 1.82) is 0 Å². The van der Waals surface area contributed by atoms with Gasteiger partial charge in [-0.15, -0.1) is 0 Å². The molecule has 0 aromatic carbocycles. The third kappa shape index (κ3) is 4.96. The Bertz CT molecular complexity index is 643. The molecule has 0 aromatic heterocycles. The lowest BCUT2D eigenvalue weighted by Gasteiger charge is -2.58. The molecular weight excluding hydrogens is 404 g/mol. The van der Waals surface area contributed by atoms with Crippen LogP contribution in [0.5, 0.6) is 0 Å². The van der Waals surface area contributed by atoms with E-state index in [4.69, 9.17) is 4.79 Å². The van der Waals surface area contributed by atoms with Crippen LogP contribution in [0.3, 0.4) is 0 Å². The van der Waals surface area contributed by atoms with Gasteiger partial charge in [-0.05, 0) is 109 Å². The van der Waals surface area contributed by atoms with Gasteiger partial charge < -0.3 is 5.11 Å². The zero-order chi connectivity index (χ0) is 22.8. The number of aliphatic hydroxyl groups is 1. The number of aliphatic hydroxyl groups excluding tert-OH is 1. The molecule has 0 saturated heterocycles. The minimum Gasteiger partial charge on any atom is -0.393 e. The van der Waals surface area contributed by atoms with Crippen molar-refractivity contribution in [3.05, 3.63) is 11.6 Å². The first-order valence-corrected chi connectivity index (χ1v) is 13.5. The maximum Gasteiger partial charge on any atom is 0.208 e. The molecule has 0 amide bonds. The van der Waals surface area contributed by atoms with Crippen molar-refractivity contribution in [2.45, 2.75) is 111 Å². The number of hydrogen-bond donors (Lipinski definition) is 1. The highest BCUT2D eigenvalue weighted by molar-refractivity contribution is 6.54. The number of carbonyl (C=O) groups is 1. The Hall–Kier alpha value is -0.340. The van der Waals surface area contributed by atoms with Gasteiger partial charge in [0.15, 0.2) is 0 Å². The van der Waals surface area contributed by atoms with Crippen molar-refractivity contribution in [2.75, 3.05) is 0 Å². The fourth-order valence-electron chi connectivity index (χ4n) is 8.67. The highest BCUT2D eigenvalue weighted by atomic mass is 35.5. The molecular formula is C28H47ClO2. The van der Waals surface area contributed by atoms with Crippen LogP contribution in [0.25, 0.3) is 0 Å². The second-order valence-electron chi connectivity index (χ2n) is 12.3. The number of fused-ring (bicyclic) bond motifs is 5. The van der Waals surface area contributed by atoms with Crippen molar-refractivity contribution in [2.24, 2.45) is 46.3 Å². The van der Waals surface area contributed by atoms with Crippen molar-refractivity contribution in [3.63, 3.8) is 0 Å². The number of halogens is 1. The van der Waals surface area contributed by atoms with Crippen LogP contribution in [-0.2, 0) is 4.79 Å². The number of hydrogen-bond acceptors (Lipinski definition) is 2. The fraction of sp³-hybridized carbons (Fsp3) is 0.893. The molecule has 1 N–H and O–H groups in total. The van der Waals surface area contributed by atoms with Gasteiger partial charge in [0.05, 0.1) is 6.10 Å². The van der Waals surface area contributed by atoms with E-state index in [1.54, 1.807) is 5.57 Å². The first-order valence-electron chi connectivity index (χ1n) is 13.1. The van der Waals surface area contributed by atoms with E-state index in [1.807, 2.05) is 0 Å². The Labute approximate surface area is 196 Å². The van der Waals surface area contributed by atoms with Gasteiger partial charge in [-0.3, -0.25) is 4.79 Å². The number of rotatable bonds is 5. The molecule has 4 rings (SSSR count). The predicted molar refractivity (Wildman–Crippen MR) is 132 cm³/mol. The summed E-state index contributed by atoms with van der Waals surface area (Å²) in [6.45, 7) is 12.6. The SMILES string of the molecule is CC(C)CCCC(C)[C@H]1CC[C@H]2[C@@H]3CC=C4C[C@@H](O)CC[C@]4(C)[C@H]3CC[C@]12C.O=CCl. The molecule has 8 atom stereocenters. The molecule has 0 aromatic rings. The smallest absolute Gasteiger partial charge is 0.208 e. The maximum atomic E-state index is 10.2. The summed E-state index contributed by atoms with van der Waals surface area (Å²) in [5.74, 6) is 5.68. The fourth-order valence-corrected chi connectivity index (χ4v) is 8.67. The van der Waals surface area contributed by atoms with Gasteiger partial charge in [-0.2, -0.15) is 0 Å². The van der Waals surface area contributed by atoms with E-state index in [-0.39, 0.29) is 11.8 Å². The van der Waals surface area contributed by atoms with Crippen molar-refractivity contribution in [3.8, 4) is 0 Å². The number of allylic oxidation sites excluding steroid dienone is 1. The minimum absolute atomic E-state index is 0.0766. The first kappa shape index (κ1) is 25.3. The van der Waals surface area contributed by atoms with Gasteiger partial charge in [-0.25, -0.2) is 0 Å². The summed E-state index contributed by atoms with van der Waals surface area (Å²) < 4.78 is 0. The summed E-state index contributed by atoms with van der Waals surface area (Å²) in [6, 6.07) is 0. The van der Waals surface area contributed by atoms with Crippen molar-refractivity contribution >= 4 is 17.3 Å². The Morgan fingerprint density at radius 1 is 1.10 bits per heavy atom. The van der Waals surface area contributed by atoms with Gasteiger partial charge in [0.1, 0.15) is 0 Å². The molecule has 3 heteroatoms. The molecule has 0 spiro atoms. The van der Waals surface area contributed by atoms with Crippen LogP contribution in [0.15, 0.2) is 11.6 Å². The molecule has 4 aliphatic carbocycles. The van der Waals surface area contributed by atoms with E-state index in [1.165, 1.54) is 57.8 Å². The van der Waals surface area contributed by atoms with Crippen LogP contribution in [0.2, 0.25) is 0 Å². The lowest BCUT2D eigenvalue weighted by molar-refractivity contribution is -0.0573. The van der Waals surface area contributed by atoms with E-state index >= 15 is 0 Å². The van der Waals surface area contributed by atoms with Crippen molar-refractivity contribution < 1.29 is 9.90 Å². The number of carbonyl (C=O) groups excluding carboxylic acids is 1. The normalized spacial score (nSPS) is 42.5. The average Bonchev–Trinajstić information content (AvgIpc) is 3.06. The van der Waals surface area contributed by atoms with Crippen LogP contribution in [0.4, 0.5) is 0 Å². The van der Waals surface area contributed by atoms with Gasteiger partial charge in [-0.1, -0.05) is 65.5 Å². The Kier molecular flexibility index (Phi) is 8.39. The molecule has 0 aliphatic heterocycles. The summed E-state index contributed by atoms with van der Waals surface area (Å²) in [4.78, 5) is 8.57. The highest BCUT2D eigenvalue weighted by Crippen LogP contribution is 2.67. The lowest BCUT2D eigenvalue weighted by Crippen LogP contribution is -2.50. The quantitative estimate of drug-likeness (QED) is 0.263. The van der Waals surface area contributed by atoms with Gasteiger partial charge in [0, 0.05) is 0 Å². The van der Waals surface area contributed by atoms with Gasteiger partial charge >= 0.3 is 0 Å². The Morgan fingerprint density at radius 3 is 2.48 bits per heavy atom. The van der Waals surface area contributed by atoms with E-state index < -0.39 is 0 Å². The van der Waals surface area contributed by atoms with Crippen LogP contribution >= 0.6 is 11.6 Å². The molecule has 0 bridgehead atoms. The summed E-state index contributed by atoms with van der Waals surface area (Å²) in [6.07, 6.45) is 17.2. The molecule has 4 aliphatic rings. The predicted octanol–water partition coefficient (Wildman–Crippen LogP) is 7.80. The topological polar surface area (TPSA) is 37.3 Å². The largest absolute Gasteiger partial charge is 0.393 e. The van der Waals surface area contributed by atoms with Crippen molar-refractivity contribution in [1.82, 2.24) is 0 Å². The molecule has 3 saturated carbocycles. The molecule has 31 heavy (non-hydrogen) atoms. The van der Waals surface area contributed by atoms with E-state index in [0.29, 0.717) is 10.8 Å². The Morgan fingerprint density at radius 2 is 1.81 bits per heavy atom. The van der Waals surface area contributed by atoms with E-state index in [2.05, 4.69) is 52.3 Å². The van der Waals surface area contributed by atoms with Crippen LogP contribution in [0.1, 0.15) is 105 Å². The maximum absolute atomic E-state index is 10.2. The summed E-state index contributed by atoms with van der Waals surface area (Å²) >= 11 is 4.32. The summed E-state index contributed by atoms with van der Waals surface area (Å²) in [5, 5.41) is 10.2. The van der Waals surface area contributed by atoms with Crippen LogP contribution in [0, 0.1) is 46.3 Å².